The van der Waals surface area contributed by atoms with E-state index in [0.717, 1.165) is 24.0 Å². The van der Waals surface area contributed by atoms with Gasteiger partial charge in [-0.05, 0) is 43.2 Å². The van der Waals surface area contributed by atoms with Crippen molar-refractivity contribution in [1.29, 1.82) is 5.26 Å². The van der Waals surface area contributed by atoms with Crippen LogP contribution in [0.5, 0.6) is 0 Å². The van der Waals surface area contributed by atoms with Gasteiger partial charge in [-0.2, -0.15) is 5.26 Å². The van der Waals surface area contributed by atoms with Crippen molar-refractivity contribution in [3.8, 4) is 6.07 Å². The van der Waals surface area contributed by atoms with Gasteiger partial charge in [0.25, 0.3) is 0 Å². The molecule has 3 rings (SSSR count). The molecule has 1 heterocycles. The molecule has 0 radical (unpaired) electrons. The Balaban J connectivity index is 1.73. The fourth-order valence-electron chi connectivity index (χ4n) is 3.51. The van der Waals surface area contributed by atoms with Gasteiger partial charge in [0.05, 0.1) is 19.7 Å². The summed E-state index contributed by atoms with van der Waals surface area (Å²) in [6.07, 6.45) is 2.45. The highest BCUT2D eigenvalue weighted by Crippen LogP contribution is 2.39. The highest BCUT2D eigenvalue weighted by molar-refractivity contribution is 5.82. The zero-order chi connectivity index (χ0) is 18.0. The highest BCUT2D eigenvalue weighted by atomic mass is 16.5. The predicted octanol–water partition coefficient (Wildman–Crippen LogP) is 1.39. The van der Waals surface area contributed by atoms with E-state index in [4.69, 9.17) is 4.74 Å². The predicted molar refractivity (Wildman–Crippen MR) is 91.2 cm³/mol. The van der Waals surface area contributed by atoms with E-state index in [0.29, 0.717) is 13.0 Å². The van der Waals surface area contributed by atoms with Crippen LogP contribution < -0.4 is 5.32 Å². The van der Waals surface area contributed by atoms with Crippen molar-refractivity contribution < 1.29 is 14.3 Å². The zero-order valence-corrected chi connectivity index (χ0v) is 14.6. The Morgan fingerprint density at radius 3 is 2.64 bits per heavy atom. The van der Waals surface area contributed by atoms with Crippen LogP contribution in [0.25, 0.3) is 0 Å². The third-order valence-corrected chi connectivity index (χ3v) is 5.19. The summed E-state index contributed by atoms with van der Waals surface area (Å²) in [5.41, 5.74) is 1.39. The van der Waals surface area contributed by atoms with Gasteiger partial charge < -0.3 is 10.1 Å². The number of amides is 1. The molecule has 1 aliphatic carbocycles. The Hall–Kier alpha value is -2.39. The third-order valence-electron chi connectivity index (χ3n) is 5.19. The molecular formula is C19H23N3O3. The zero-order valence-electron chi connectivity index (χ0n) is 14.6. The van der Waals surface area contributed by atoms with Crippen molar-refractivity contribution >= 4 is 11.9 Å². The van der Waals surface area contributed by atoms with Gasteiger partial charge in [0.2, 0.25) is 5.91 Å². The SMILES string of the molecule is COC(=O)[C@H]1Cc2ccccc2CN1CC(=O)N[C@@](C)(C#N)C1CC1. The lowest BCUT2D eigenvalue weighted by Crippen LogP contribution is -2.54. The highest BCUT2D eigenvalue weighted by Gasteiger charge is 2.43. The lowest BCUT2D eigenvalue weighted by Gasteiger charge is -2.35. The Kier molecular flexibility index (Phi) is 4.78. The number of esters is 1. The number of hydrogen-bond acceptors (Lipinski definition) is 5. The van der Waals surface area contributed by atoms with Crippen molar-refractivity contribution in [2.24, 2.45) is 5.92 Å². The maximum Gasteiger partial charge on any atom is 0.323 e. The Morgan fingerprint density at radius 2 is 2.04 bits per heavy atom. The molecule has 132 valence electrons. The standard InChI is InChI=1S/C19H23N3O3/c1-19(12-20,15-7-8-15)21-17(23)11-22-10-14-6-4-3-5-13(14)9-16(22)18(24)25-2/h3-6,15-16H,7-11H2,1-2H3,(H,21,23)/t16-,19+/m1/s1. The second kappa shape index (κ2) is 6.85. The number of carbonyl (C=O) groups is 2. The van der Waals surface area contributed by atoms with Crippen LogP contribution in [0, 0.1) is 17.2 Å². The van der Waals surface area contributed by atoms with E-state index in [1.807, 2.05) is 29.2 Å². The first-order valence-electron chi connectivity index (χ1n) is 8.57. The largest absolute Gasteiger partial charge is 0.468 e. The number of hydrogen-bond donors (Lipinski definition) is 1. The molecule has 0 spiro atoms. The van der Waals surface area contributed by atoms with Gasteiger partial charge in [-0.25, -0.2) is 0 Å². The summed E-state index contributed by atoms with van der Waals surface area (Å²) in [7, 11) is 1.36. The molecule has 0 aromatic heterocycles. The van der Waals surface area contributed by atoms with Crippen LogP contribution in [0.1, 0.15) is 30.9 Å². The Morgan fingerprint density at radius 1 is 1.36 bits per heavy atom. The molecule has 1 aromatic rings. The summed E-state index contributed by atoms with van der Waals surface area (Å²) < 4.78 is 4.92. The van der Waals surface area contributed by atoms with Crippen LogP contribution in [0.3, 0.4) is 0 Å². The molecule has 2 aliphatic rings. The summed E-state index contributed by atoms with van der Waals surface area (Å²) in [5, 5.41) is 12.3. The molecule has 2 atom stereocenters. The smallest absolute Gasteiger partial charge is 0.323 e. The summed E-state index contributed by atoms with van der Waals surface area (Å²) in [6.45, 7) is 2.35. The van der Waals surface area contributed by atoms with Gasteiger partial charge in [0.15, 0.2) is 0 Å². The van der Waals surface area contributed by atoms with E-state index in [-0.39, 0.29) is 24.3 Å². The topological polar surface area (TPSA) is 82.4 Å². The molecule has 1 N–H and O–H groups in total. The first kappa shape index (κ1) is 17.4. The molecule has 0 saturated heterocycles. The van der Waals surface area contributed by atoms with E-state index in [1.165, 1.54) is 7.11 Å². The molecule has 1 aliphatic heterocycles. The number of rotatable bonds is 5. The Bertz CT molecular complexity index is 723. The van der Waals surface area contributed by atoms with Crippen LogP contribution in [0.2, 0.25) is 0 Å². The summed E-state index contributed by atoms with van der Waals surface area (Å²) in [6, 6.07) is 9.66. The number of methoxy groups -OCH3 is 1. The minimum absolute atomic E-state index is 0.0676. The number of benzene rings is 1. The number of nitriles is 1. The average Bonchev–Trinajstić information content (AvgIpc) is 3.45. The second-order valence-corrected chi connectivity index (χ2v) is 7.05. The number of fused-ring (bicyclic) bond motifs is 1. The van der Waals surface area contributed by atoms with Crippen LogP contribution in [-0.2, 0) is 27.3 Å². The van der Waals surface area contributed by atoms with Crippen molar-refractivity contribution in [2.75, 3.05) is 13.7 Å². The Labute approximate surface area is 147 Å². The lowest BCUT2D eigenvalue weighted by atomic mass is 9.93. The van der Waals surface area contributed by atoms with E-state index < -0.39 is 11.6 Å². The molecular weight excluding hydrogens is 318 g/mol. The van der Waals surface area contributed by atoms with E-state index in [9.17, 15) is 14.9 Å². The van der Waals surface area contributed by atoms with Crippen LogP contribution in [0.15, 0.2) is 24.3 Å². The van der Waals surface area contributed by atoms with Gasteiger partial charge in [-0.3, -0.25) is 14.5 Å². The van der Waals surface area contributed by atoms with Crippen LogP contribution in [-0.4, -0.2) is 42.0 Å². The monoisotopic (exact) mass is 341 g/mol. The van der Waals surface area contributed by atoms with Crippen molar-refractivity contribution in [3.05, 3.63) is 35.4 Å². The maximum atomic E-state index is 12.5. The van der Waals surface area contributed by atoms with E-state index in [2.05, 4.69) is 11.4 Å². The van der Waals surface area contributed by atoms with Gasteiger partial charge in [-0.1, -0.05) is 24.3 Å². The number of nitrogens with zero attached hydrogens (tertiary/aromatic N) is 2. The molecule has 6 nitrogen and oxygen atoms in total. The minimum atomic E-state index is -0.828. The summed E-state index contributed by atoms with van der Waals surface area (Å²) in [4.78, 5) is 26.5. The summed E-state index contributed by atoms with van der Waals surface area (Å²) >= 11 is 0. The number of ether oxygens (including phenoxy) is 1. The van der Waals surface area contributed by atoms with Gasteiger partial charge in [0.1, 0.15) is 11.6 Å². The fraction of sp³-hybridized carbons (Fsp3) is 0.526. The van der Waals surface area contributed by atoms with Crippen molar-refractivity contribution in [2.45, 2.75) is 44.3 Å². The molecule has 1 aromatic carbocycles. The quantitative estimate of drug-likeness (QED) is 0.819. The summed E-state index contributed by atoms with van der Waals surface area (Å²) in [5.74, 6) is -0.350. The first-order chi connectivity index (χ1) is 12.0. The van der Waals surface area contributed by atoms with Gasteiger partial charge >= 0.3 is 5.97 Å². The molecule has 0 bridgehead atoms. The average molecular weight is 341 g/mol. The molecule has 1 amide bonds. The second-order valence-electron chi connectivity index (χ2n) is 7.05. The fourth-order valence-corrected chi connectivity index (χ4v) is 3.51. The van der Waals surface area contributed by atoms with E-state index in [1.54, 1.807) is 6.92 Å². The normalized spacial score (nSPS) is 22.2. The van der Waals surface area contributed by atoms with Crippen LogP contribution in [0.4, 0.5) is 0 Å². The van der Waals surface area contributed by atoms with Gasteiger partial charge in [0, 0.05) is 6.54 Å². The van der Waals surface area contributed by atoms with Crippen molar-refractivity contribution in [1.82, 2.24) is 10.2 Å². The number of nitrogens with one attached hydrogen (secondary N) is 1. The molecule has 1 fully saturated rings. The molecule has 6 heteroatoms. The lowest BCUT2D eigenvalue weighted by molar-refractivity contribution is -0.148. The number of carbonyl (C=O) groups excluding carboxylic acids is 2. The molecule has 0 unspecified atom stereocenters. The van der Waals surface area contributed by atoms with Gasteiger partial charge in [-0.15, -0.1) is 0 Å². The minimum Gasteiger partial charge on any atom is -0.468 e. The van der Waals surface area contributed by atoms with Crippen molar-refractivity contribution in [3.63, 3.8) is 0 Å². The molecule has 25 heavy (non-hydrogen) atoms. The van der Waals surface area contributed by atoms with Crippen LogP contribution >= 0.6 is 0 Å². The first-order valence-corrected chi connectivity index (χ1v) is 8.57. The third kappa shape index (κ3) is 3.67. The molecule has 1 saturated carbocycles. The van der Waals surface area contributed by atoms with E-state index >= 15 is 0 Å². The maximum absolute atomic E-state index is 12.5.